The fraction of sp³-hybridized carbons (Fsp3) is 0.438. The summed E-state index contributed by atoms with van der Waals surface area (Å²) in [5.74, 6) is -0.372. The maximum atomic E-state index is 12.0. The van der Waals surface area contributed by atoms with Crippen LogP contribution in [0.1, 0.15) is 38.1 Å². The van der Waals surface area contributed by atoms with E-state index in [1.54, 1.807) is 12.3 Å². The van der Waals surface area contributed by atoms with E-state index in [1.807, 2.05) is 39.8 Å². The Labute approximate surface area is 130 Å². The summed E-state index contributed by atoms with van der Waals surface area (Å²) in [5, 5.41) is 0.826. The summed E-state index contributed by atoms with van der Waals surface area (Å²) in [5.41, 5.74) is 1.31. The molecule has 1 aromatic carbocycles. The number of hydrogen-bond acceptors (Lipinski definition) is 4. The molecule has 1 aliphatic rings. The smallest absolute Gasteiger partial charge is 0.465 e. The lowest BCUT2D eigenvalue weighted by atomic mass is 9.78. The van der Waals surface area contributed by atoms with Gasteiger partial charge in [-0.2, -0.15) is 0 Å². The van der Waals surface area contributed by atoms with Gasteiger partial charge in [0, 0.05) is 17.1 Å². The highest BCUT2D eigenvalue weighted by Gasteiger charge is 2.51. The number of rotatable bonds is 2. The lowest BCUT2D eigenvalue weighted by molar-refractivity contribution is 0.00578. The van der Waals surface area contributed by atoms with E-state index in [4.69, 9.17) is 14.0 Å². The van der Waals surface area contributed by atoms with Gasteiger partial charge in [-0.3, -0.25) is 0 Å². The van der Waals surface area contributed by atoms with Crippen molar-refractivity contribution in [3.05, 3.63) is 30.0 Å². The van der Waals surface area contributed by atoms with E-state index in [-0.39, 0.29) is 5.97 Å². The summed E-state index contributed by atoms with van der Waals surface area (Å²) in [6.45, 7) is 8.01. The molecular weight excluding hydrogens is 281 g/mol. The molecule has 1 fully saturated rings. The Morgan fingerprint density at radius 1 is 1.18 bits per heavy atom. The van der Waals surface area contributed by atoms with E-state index in [9.17, 15) is 4.79 Å². The topological polar surface area (TPSA) is 60.6 Å². The second-order valence-electron chi connectivity index (χ2n) is 6.59. The molecule has 1 saturated heterocycles. The van der Waals surface area contributed by atoms with E-state index in [0.29, 0.717) is 5.56 Å². The molecule has 0 saturated carbocycles. The number of carbonyl (C=O) groups excluding carboxylic acids is 1. The molecule has 2 aromatic rings. The van der Waals surface area contributed by atoms with Gasteiger partial charge in [0.25, 0.3) is 0 Å². The van der Waals surface area contributed by atoms with Gasteiger partial charge in [0.15, 0.2) is 0 Å². The number of esters is 1. The van der Waals surface area contributed by atoms with Crippen LogP contribution < -0.4 is 5.46 Å². The molecule has 3 rings (SSSR count). The van der Waals surface area contributed by atoms with Crippen molar-refractivity contribution < 1.29 is 18.8 Å². The average Bonchev–Trinajstić information content (AvgIpc) is 2.99. The van der Waals surface area contributed by atoms with Crippen LogP contribution in [0.4, 0.5) is 0 Å². The standard InChI is InChI=1S/C16H20BNO4/c1-15(2)16(3,4)22-17(21-15)10-8-12(14(19)20-5)11-6-7-18-13(11)9-10/h6-9,18H,1-5H3. The van der Waals surface area contributed by atoms with Crippen molar-refractivity contribution in [3.8, 4) is 0 Å². The first kappa shape index (κ1) is 15.1. The van der Waals surface area contributed by atoms with Crippen LogP contribution in [0.2, 0.25) is 0 Å². The lowest BCUT2D eigenvalue weighted by Gasteiger charge is -2.32. The van der Waals surface area contributed by atoms with Crippen molar-refractivity contribution in [2.75, 3.05) is 7.11 Å². The van der Waals surface area contributed by atoms with Crippen LogP contribution in [0.25, 0.3) is 10.9 Å². The molecule has 1 N–H and O–H groups in total. The van der Waals surface area contributed by atoms with Gasteiger partial charge in [0.1, 0.15) is 0 Å². The molecule has 1 aromatic heterocycles. The third-order valence-corrected chi connectivity index (χ3v) is 4.62. The zero-order valence-electron chi connectivity index (χ0n) is 13.5. The molecule has 0 atom stereocenters. The van der Waals surface area contributed by atoms with Crippen molar-refractivity contribution >= 4 is 29.5 Å². The van der Waals surface area contributed by atoms with Crippen LogP contribution in [0.5, 0.6) is 0 Å². The number of nitrogens with one attached hydrogen (secondary N) is 1. The zero-order valence-corrected chi connectivity index (χ0v) is 13.5. The summed E-state index contributed by atoms with van der Waals surface area (Å²) in [7, 11) is 0.864. The van der Waals surface area contributed by atoms with E-state index < -0.39 is 18.3 Å². The highest BCUT2D eigenvalue weighted by atomic mass is 16.7. The van der Waals surface area contributed by atoms with Gasteiger partial charge in [-0.25, -0.2) is 4.79 Å². The monoisotopic (exact) mass is 301 g/mol. The molecule has 5 nitrogen and oxygen atoms in total. The number of hydrogen-bond donors (Lipinski definition) is 1. The second-order valence-corrected chi connectivity index (χ2v) is 6.59. The van der Waals surface area contributed by atoms with Crippen molar-refractivity contribution in [2.24, 2.45) is 0 Å². The van der Waals surface area contributed by atoms with Crippen molar-refractivity contribution in [1.82, 2.24) is 4.98 Å². The van der Waals surface area contributed by atoms with Gasteiger partial charge in [-0.1, -0.05) is 0 Å². The van der Waals surface area contributed by atoms with Crippen LogP contribution >= 0.6 is 0 Å². The first-order chi connectivity index (χ1) is 10.2. The van der Waals surface area contributed by atoms with Gasteiger partial charge < -0.3 is 19.0 Å². The van der Waals surface area contributed by atoms with E-state index in [1.165, 1.54) is 7.11 Å². The number of fused-ring (bicyclic) bond motifs is 1. The summed E-state index contributed by atoms with van der Waals surface area (Å²) in [6, 6.07) is 5.59. The summed E-state index contributed by atoms with van der Waals surface area (Å²) in [6.07, 6.45) is 1.80. The minimum atomic E-state index is -0.513. The molecule has 116 valence electrons. The Hall–Kier alpha value is -1.79. The summed E-state index contributed by atoms with van der Waals surface area (Å²) < 4.78 is 17.0. The number of H-pyrrole nitrogens is 1. The first-order valence-electron chi connectivity index (χ1n) is 7.30. The molecule has 0 radical (unpaired) electrons. The normalized spacial score (nSPS) is 19.6. The Bertz CT molecular complexity index is 719. The summed E-state index contributed by atoms with van der Waals surface area (Å²) >= 11 is 0. The molecule has 1 aliphatic heterocycles. The predicted octanol–water partition coefficient (Wildman–Crippen LogP) is 2.25. The minimum Gasteiger partial charge on any atom is -0.465 e. The van der Waals surface area contributed by atoms with Crippen LogP contribution in [-0.2, 0) is 14.0 Å². The third kappa shape index (κ3) is 2.23. The van der Waals surface area contributed by atoms with Crippen LogP contribution in [0, 0.1) is 0 Å². The molecule has 2 heterocycles. The maximum absolute atomic E-state index is 12.0. The maximum Gasteiger partial charge on any atom is 0.494 e. The Morgan fingerprint density at radius 2 is 1.82 bits per heavy atom. The molecule has 0 aliphatic carbocycles. The quantitative estimate of drug-likeness (QED) is 0.683. The zero-order chi connectivity index (χ0) is 16.1. The fourth-order valence-corrected chi connectivity index (χ4v) is 2.58. The fourth-order valence-electron chi connectivity index (χ4n) is 2.58. The molecular formula is C16H20BNO4. The third-order valence-electron chi connectivity index (χ3n) is 4.62. The molecule has 6 heteroatoms. The summed E-state index contributed by atoms with van der Waals surface area (Å²) in [4.78, 5) is 15.2. The van der Waals surface area contributed by atoms with E-state index in [0.717, 1.165) is 16.4 Å². The van der Waals surface area contributed by atoms with Crippen LogP contribution in [0.15, 0.2) is 24.4 Å². The average molecular weight is 301 g/mol. The number of ether oxygens (including phenoxy) is 1. The van der Waals surface area contributed by atoms with Crippen molar-refractivity contribution in [1.29, 1.82) is 0 Å². The Balaban J connectivity index is 2.07. The first-order valence-corrected chi connectivity index (χ1v) is 7.30. The number of aromatic nitrogens is 1. The largest absolute Gasteiger partial charge is 0.494 e. The van der Waals surface area contributed by atoms with Gasteiger partial charge in [0.05, 0.1) is 23.9 Å². The van der Waals surface area contributed by atoms with Crippen molar-refractivity contribution in [3.63, 3.8) is 0 Å². The van der Waals surface area contributed by atoms with Gasteiger partial charge in [-0.05, 0) is 51.4 Å². The highest BCUT2D eigenvalue weighted by Crippen LogP contribution is 2.36. The number of carbonyl (C=O) groups is 1. The van der Waals surface area contributed by atoms with Gasteiger partial charge in [0.2, 0.25) is 0 Å². The van der Waals surface area contributed by atoms with E-state index in [2.05, 4.69) is 4.98 Å². The van der Waals surface area contributed by atoms with Crippen LogP contribution in [-0.4, -0.2) is 36.4 Å². The molecule has 0 unspecified atom stereocenters. The SMILES string of the molecule is COC(=O)c1cc(B2OC(C)(C)C(C)(C)O2)cc2[nH]ccc12. The second kappa shape index (κ2) is 4.86. The van der Waals surface area contributed by atoms with Crippen LogP contribution in [0.3, 0.4) is 0 Å². The number of methoxy groups -OCH3 is 1. The molecule has 0 bridgehead atoms. The van der Waals surface area contributed by atoms with Crippen molar-refractivity contribution in [2.45, 2.75) is 38.9 Å². The predicted molar refractivity (Wildman–Crippen MR) is 85.4 cm³/mol. The highest BCUT2D eigenvalue weighted by molar-refractivity contribution is 6.62. The Kier molecular flexibility index (Phi) is 3.34. The van der Waals surface area contributed by atoms with E-state index >= 15 is 0 Å². The molecule has 0 amide bonds. The number of benzene rings is 1. The molecule has 0 spiro atoms. The Morgan fingerprint density at radius 3 is 2.41 bits per heavy atom. The number of aromatic amines is 1. The van der Waals surface area contributed by atoms with Gasteiger partial charge in [-0.15, -0.1) is 0 Å². The minimum absolute atomic E-state index is 0.372. The lowest BCUT2D eigenvalue weighted by Crippen LogP contribution is -2.41. The molecule has 22 heavy (non-hydrogen) atoms. The van der Waals surface area contributed by atoms with Gasteiger partial charge >= 0.3 is 13.1 Å².